The van der Waals surface area contributed by atoms with E-state index in [0.717, 1.165) is 27.6 Å². The first kappa shape index (κ1) is 23.7. The lowest BCUT2D eigenvalue weighted by Gasteiger charge is -2.14. The molecule has 0 aliphatic carbocycles. The van der Waals surface area contributed by atoms with Crippen LogP contribution in [-0.2, 0) is 14.8 Å². The number of pyridine rings is 1. The van der Waals surface area contributed by atoms with Gasteiger partial charge in [0.15, 0.2) is 11.6 Å². The molecule has 4 rings (SSSR count). The van der Waals surface area contributed by atoms with Crippen LogP contribution in [0, 0.1) is 20.8 Å². The molecule has 0 atom stereocenters. The molecular weight excluding hydrogens is 476 g/mol. The Bertz CT molecular complexity index is 1510. The number of esters is 1. The molecule has 34 heavy (non-hydrogen) atoms. The van der Waals surface area contributed by atoms with Crippen LogP contribution < -0.4 is 4.72 Å². The minimum Gasteiger partial charge on any atom is -0.462 e. The highest BCUT2D eigenvalue weighted by atomic mass is 35.5. The van der Waals surface area contributed by atoms with Crippen LogP contribution in [0.4, 0.5) is 5.82 Å². The van der Waals surface area contributed by atoms with E-state index in [1.165, 1.54) is 35.1 Å². The van der Waals surface area contributed by atoms with Gasteiger partial charge in [-0.05, 0) is 75.2 Å². The number of carbonyl (C=O) groups is 1. The van der Waals surface area contributed by atoms with Gasteiger partial charge >= 0.3 is 5.97 Å². The summed E-state index contributed by atoms with van der Waals surface area (Å²) in [6, 6.07) is 11.6. The fourth-order valence-corrected chi connectivity index (χ4v) is 4.90. The predicted octanol–water partition coefficient (Wildman–Crippen LogP) is 4.98. The van der Waals surface area contributed by atoms with Crippen LogP contribution in [0.25, 0.3) is 16.7 Å². The van der Waals surface area contributed by atoms with Crippen LogP contribution in [0.2, 0.25) is 5.02 Å². The fraction of sp³-hybridized carbons (Fsp3) is 0.208. The highest BCUT2D eigenvalue weighted by Crippen LogP contribution is 2.28. The van der Waals surface area contributed by atoms with Gasteiger partial charge in [0, 0.05) is 10.4 Å². The Labute approximate surface area is 202 Å². The van der Waals surface area contributed by atoms with Gasteiger partial charge in [0.1, 0.15) is 5.56 Å². The Morgan fingerprint density at radius 2 is 1.79 bits per heavy atom. The molecule has 0 aliphatic heterocycles. The molecule has 1 N–H and O–H groups in total. The largest absolute Gasteiger partial charge is 0.462 e. The molecule has 0 bridgehead atoms. The van der Waals surface area contributed by atoms with Crippen LogP contribution in [0.15, 0.2) is 53.6 Å². The molecule has 0 aliphatic rings. The minimum atomic E-state index is -4.07. The third-order valence-corrected chi connectivity index (χ3v) is 6.89. The van der Waals surface area contributed by atoms with Gasteiger partial charge in [-0.2, -0.15) is 9.78 Å². The van der Waals surface area contributed by atoms with E-state index in [-0.39, 0.29) is 22.9 Å². The SMILES string of the molecule is CCOC(=O)c1cnn(-c2cc(C)c3cc(C)cc(C)c3n2)c1NS(=O)(=O)c1ccc(Cl)cc1. The number of sulfonamides is 1. The molecule has 0 saturated heterocycles. The van der Waals surface area contributed by atoms with Crippen molar-refractivity contribution in [3.63, 3.8) is 0 Å². The molecule has 0 fully saturated rings. The van der Waals surface area contributed by atoms with Gasteiger partial charge in [0.25, 0.3) is 10.0 Å². The number of halogens is 1. The summed E-state index contributed by atoms with van der Waals surface area (Å²) >= 11 is 5.90. The quantitative estimate of drug-likeness (QED) is 0.376. The summed E-state index contributed by atoms with van der Waals surface area (Å²) in [5.74, 6) is -0.405. The Balaban J connectivity index is 1.89. The third-order valence-electron chi connectivity index (χ3n) is 5.28. The van der Waals surface area contributed by atoms with Gasteiger partial charge in [0.2, 0.25) is 0 Å². The molecule has 2 aromatic heterocycles. The summed E-state index contributed by atoms with van der Waals surface area (Å²) in [5.41, 5.74) is 3.76. The summed E-state index contributed by atoms with van der Waals surface area (Å²) < 4.78 is 35.2. The number of fused-ring (bicyclic) bond motifs is 1. The van der Waals surface area contributed by atoms with E-state index >= 15 is 0 Å². The van der Waals surface area contributed by atoms with Crippen LogP contribution in [0.3, 0.4) is 0 Å². The number of aromatic nitrogens is 3. The highest BCUT2D eigenvalue weighted by Gasteiger charge is 2.26. The van der Waals surface area contributed by atoms with Gasteiger partial charge < -0.3 is 4.74 Å². The number of hydrogen-bond acceptors (Lipinski definition) is 6. The molecule has 8 nitrogen and oxygen atoms in total. The molecule has 2 heterocycles. The van der Waals surface area contributed by atoms with E-state index in [1.807, 2.05) is 32.9 Å². The minimum absolute atomic E-state index is 0.0200. The van der Waals surface area contributed by atoms with Gasteiger partial charge in [-0.3, -0.25) is 4.72 Å². The number of benzene rings is 2. The average molecular weight is 499 g/mol. The number of nitrogens with one attached hydrogen (secondary N) is 1. The van der Waals surface area contributed by atoms with E-state index in [2.05, 4.69) is 9.82 Å². The van der Waals surface area contributed by atoms with Gasteiger partial charge in [-0.15, -0.1) is 0 Å². The molecule has 0 unspecified atom stereocenters. The van der Waals surface area contributed by atoms with Crippen LogP contribution in [0.5, 0.6) is 0 Å². The normalized spacial score (nSPS) is 11.6. The maximum absolute atomic E-state index is 13.1. The summed E-state index contributed by atoms with van der Waals surface area (Å²) in [5, 5.41) is 5.67. The van der Waals surface area contributed by atoms with Crippen molar-refractivity contribution in [3.05, 3.63) is 75.9 Å². The van der Waals surface area contributed by atoms with Crippen molar-refractivity contribution in [2.75, 3.05) is 11.3 Å². The van der Waals surface area contributed by atoms with Crippen molar-refractivity contribution in [2.45, 2.75) is 32.6 Å². The molecule has 0 radical (unpaired) electrons. The second kappa shape index (κ2) is 9.08. The van der Waals surface area contributed by atoms with Crippen molar-refractivity contribution in [1.29, 1.82) is 0 Å². The Hall–Kier alpha value is -3.43. The zero-order chi connectivity index (χ0) is 24.6. The molecule has 0 spiro atoms. The zero-order valence-corrected chi connectivity index (χ0v) is 20.7. The maximum Gasteiger partial charge on any atom is 0.343 e. The first-order valence-electron chi connectivity index (χ1n) is 10.5. The molecule has 10 heteroatoms. The number of nitrogens with zero attached hydrogens (tertiary/aromatic N) is 3. The molecule has 176 valence electrons. The fourth-order valence-electron chi connectivity index (χ4n) is 3.71. The maximum atomic E-state index is 13.1. The molecule has 0 amide bonds. The topological polar surface area (TPSA) is 103 Å². The second-order valence-electron chi connectivity index (χ2n) is 7.87. The van der Waals surface area contributed by atoms with Crippen molar-refractivity contribution >= 4 is 44.3 Å². The lowest BCUT2D eigenvalue weighted by molar-refractivity contribution is 0.0527. The van der Waals surface area contributed by atoms with E-state index in [9.17, 15) is 13.2 Å². The van der Waals surface area contributed by atoms with Crippen molar-refractivity contribution < 1.29 is 17.9 Å². The van der Waals surface area contributed by atoms with Crippen molar-refractivity contribution in [1.82, 2.24) is 14.8 Å². The number of aryl methyl sites for hydroxylation is 3. The van der Waals surface area contributed by atoms with E-state index in [1.54, 1.807) is 13.0 Å². The number of hydrogen-bond donors (Lipinski definition) is 1. The monoisotopic (exact) mass is 498 g/mol. The number of ether oxygens (including phenoxy) is 1. The van der Waals surface area contributed by atoms with E-state index < -0.39 is 16.0 Å². The van der Waals surface area contributed by atoms with E-state index in [4.69, 9.17) is 21.3 Å². The lowest BCUT2D eigenvalue weighted by Crippen LogP contribution is -2.19. The van der Waals surface area contributed by atoms with E-state index in [0.29, 0.717) is 10.8 Å². The van der Waals surface area contributed by atoms with Gasteiger partial charge in [-0.1, -0.05) is 23.2 Å². The molecule has 0 saturated carbocycles. The Morgan fingerprint density at radius 1 is 1.09 bits per heavy atom. The van der Waals surface area contributed by atoms with Crippen LogP contribution in [-0.4, -0.2) is 35.8 Å². The smallest absolute Gasteiger partial charge is 0.343 e. The number of rotatable bonds is 6. The van der Waals surface area contributed by atoms with Crippen molar-refractivity contribution in [2.24, 2.45) is 0 Å². The summed E-state index contributed by atoms with van der Waals surface area (Å²) in [4.78, 5) is 17.3. The molecule has 4 aromatic rings. The highest BCUT2D eigenvalue weighted by molar-refractivity contribution is 7.92. The predicted molar refractivity (Wildman–Crippen MR) is 131 cm³/mol. The van der Waals surface area contributed by atoms with Crippen molar-refractivity contribution in [3.8, 4) is 5.82 Å². The number of carbonyl (C=O) groups excluding carboxylic acids is 1. The van der Waals surface area contributed by atoms with Crippen LogP contribution in [0.1, 0.15) is 34.0 Å². The molecule has 2 aromatic carbocycles. The Morgan fingerprint density at radius 3 is 2.47 bits per heavy atom. The summed E-state index contributed by atoms with van der Waals surface area (Å²) in [6.07, 6.45) is 1.26. The Kier molecular flexibility index (Phi) is 6.33. The average Bonchev–Trinajstić information content (AvgIpc) is 3.17. The summed E-state index contributed by atoms with van der Waals surface area (Å²) in [7, 11) is -4.07. The lowest BCUT2D eigenvalue weighted by atomic mass is 10.0. The van der Waals surface area contributed by atoms with Crippen LogP contribution >= 0.6 is 11.6 Å². The first-order chi connectivity index (χ1) is 16.1. The van der Waals surface area contributed by atoms with Gasteiger partial charge in [-0.25, -0.2) is 18.2 Å². The molecular formula is C24H23ClN4O4S. The second-order valence-corrected chi connectivity index (χ2v) is 9.99. The van der Waals surface area contributed by atoms with Gasteiger partial charge in [0.05, 0.1) is 23.2 Å². The summed E-state index contributed by atoms with van der Waals surface area (Å²) in [6.45, 7) is 7.71. The standard InChI is InChI=1S/C24H23ClN4O4S/c1-5-33-24(30)20-13-26-29(23(20)28-34(31,32)18-8-6-17(25)7-9-18)21-12-15(3)19-11-14(2)10-16(4)22(19)27-21/h6-13,28H,5H2,1-4H3. The number of anilines is 1. The zero-order valence-electron chi connectivity index (χ0n) is 19.1. The third kappa shape index (κ3) is 4.49. The first-order valence-corrected chi connectivity index (χ1v) is 12.4.